The number of benzene rings is 1. The van der Waals surface area contributed by atoms with Crippen LogP contribution in [0.5, 0.6) is 5.75 Å². The summed E-state index contributed by atoms with van der Waals surface area (Å²) in [6, 6.07) is 7.78. The lowest BCUT2D eigenvalue weighted by atomic mass is 9.87. The first-order valence-electron chi connectivity index (χ1n) is 8.24. The predicted molar refractivity (Wildman–Crippen MR) is 102 cm³/mol. The van der Waals surface area contributed by atoms with E-state index in [1.807, 2.05) is 24.3 Å². The van der Waals surface area contributed by atoms with E-state index in [-0.39, 0.29) is 17.9 Å². The monoisotopic (exact) mass is 351 g/mol. The van der Waals surface area contributed by atoms with Crippen molar-refractivity contribution >= 4 is 23.2 Å². The van der Waals surface area contributed by atoms with Gasteiger partial charge in [-0.3, -0.25) is 15.6 Å². The lowest BCUT2D eigenvalue weighted by Gasteiger charge is -2.19. The highest BCUT2D eigenvalue weighted by Crippen LogP contribution is 2.24. The zero-order valence-electron chi connectivity index (χ0n) is 15.2. The average Bonchev–Trinajstić information content (AvgIpc) is 2.50. The molecule has 1 aromatic carbocycles. The fourth-order valence-corrected chi connectivity index (χ4v) is 2.03. The molecule has 0 saturated heterocycles. The summed E-state index contributed by atoms with van der Waals surface area (Å²) < 4.78 is 5.46. The molecular weight excluding hydrogens is 322 g/mol. The first kappa shape index (κ1) is 20.2. The highest BCUT2D eigenvalue weighted by molar-refractivity contribution is 7.80. The van der Waals surface area contributed by atoms with Gasteiger partial charge >= 0.3 is 0 Å². The highest BCUT2D eigenvalue weighted by Gasteiger charge is 2.13. The van der Waals surface area contributed by atoms with Gasteiger partial charge in [-0.25, -0.2) is 0 Å². The van der Waals surface area contributed by atoms with Crippen molar-refractivity contribution in [2.45, 2.75) is 46.5 Å². The van der Waals surface area contributed by atoms with Crippen LogP contribution >= 0.6 is 12.2 Å². The molecule has 0 aliphatic rings. The van der Waals surface area contributed by atoms with Crippen LogP contribution in [0.3, 0.4) is 0 Å². The van der Waals surface area contributed by atoms with E-state index in [0.717, 1.165) is 13.0 Å². The van der Waals surface area contributed by atoms with Crippen molar-refractivity contribution in [1.29, 1.82) is 0 Å². The maximum Gasteiger partial charge on any atom is 0.276 e. The van der Waals surface area contributed by atoms with Gasteiger partial charge in [0.05, 0.1) is 0 Å². The number of rotatable bonds is 6. The quantitative estimate of drug-likeness (QED) is 0.543. The van der Waals surface area contributed by atoms with Crippen molar-refractivity contribution < 1.29 is 9.53 Å². The molecule has 6 heteroatoms. The topological polar surface area (TPSA) is 62.4 Å². The van der Waals surface area contributed by atoms with Crippen LogP contribution in [0.2, 0.25) is 0 Å². The summed E-state index contributed by atoms with van der Waals surface area (Å²) in [5.41, 5.74) is 6.49. The summed E-state index contributed by atoms with van der Waals surface area (Å²) >= 11 is 5.07. The van der Waals surface area contributed by atoms with Gasteiger partial charge in [-0.2, -0.15) is 0 Å². The standard InChI is InChI=1S/C18H29N3O2S/c1-13(2)10-11-19-17(24)21-20-16(22)12-23-15-8-6-14(7-9-15)18(3,4)5/h6-9,13H,10-12H2,1-5H3,(H,20,22)(H2,19,21,24). The molecule has 0 saturated carbocycles. The van der Waals surface area contributed by atoms with Gasteiger partial charge in [-0.05, 0) is 47.7 Å². The Morgan fingerprint density at radius 3 is 2.33 bits per heavy atom. The SMILES string of the molecule is CC(C)CCNC(=S)NNC(=O)COc1ccc(C(C)(C)C)cc1. The van der Waals surface area contributed by atoms with Crippen LogP contribution < -0.4 is 20.9 Å². The van der Waals surface area contributed by atoms with Gasteiger partial charge in [0, 0.05) is 6.54 Å². The van der Waals surface area contributed by atoms with E-state index in [4.69, 9.17) is 17.0 Å². The van der Waals surface area contributed by atoms with Crippen LogP contribution in [0.25, 0.3) is 0 Å². The predicted octanol–water partition coefficient (Wildman–Crippen LogP) is 2.90. The highest BCUT2D eigenvalue weighted by atomic mass is 32.1. The first-order valence-corrected chi connectivity index (χ1v) is 8.65. The van der Waals surface area contributed by atoms with E-state index in [1.165, 1.54) is 5.56 Å². The minimum atomic E-state index is -0.289. The van der Waals surface area contributed by atoms with Gasteiger partial charge in [0.15, 0.2) is 11.7 Å². The molecule has 24 heavy (non-hydrogen) atoms. The minimum Gasteiger partial charge on any atom is -0.484 e. The molecule has 0 aliphatic heterocycles. The molecule has 1 rings (SSSR count). The summed E-state index contributed by atoms with van der Waals surface area (Å²) in [4.78, 5) is 11.7. The Hall–Kier alpha value is -1.82. The van der Waals surface area contributed by atoms with Gasteiger partial charge in [-0.15, -0.1) is 0 Å². The number of hydrogen-bond acceptors (Lipinski definition) is 3. The molecule has 0 spiro atoms. The van der Waals surface area contributed by atoms with E-state index >= 15 is 0 Å². The van der Waals surface area contributed by atoms with Gasteiger partial charge < -0.3 is 10.1 Å². The number of amides is 1. The van der Waals surface area contributed by atoms with Crippen molar-refractivity contribution in [1.82, 2.24) is 16.2 Å². The summed E-state index contributed by atoms with van der Waals surface area (Å²) in [6.07, 6.45) is 1.02. The van der Waals surface area contributed by atoms with Crippen LogP contribution in [-0.2, 0) is 10.2 Å². The molecule has 1 aromatic rings. The number of thiocarbonyl (C=S) groups is 1. The van der Waals surface area contributed by atoms with Crippen LogP contribution in [0.15, 0.2) is 24.3 Å². The number of hydrazine groups is 1. The van der Waals surface area contributed by atoms with Crippen molar-refractivity contribution in [2.75, 3.05) is 13.2 Å². The van der Waals surface area contributed by atoms with E-state index in [9.17, 15) is 4.79 Å². The van der Waals surface area contributed by atoms with Crippen molar-refractivity contribution in [3.8, 4) is 5.75 Å². The average molecular weight is 352 g/mol. The number of hydrogen-bond donors (Lipinski definition) is 3. The van der Waals surface area contributed by atoms with Crippen LogP contribution in [0.4, 0.5) is 0 Å². The van der Waals surface area contributed by atoms with Crippen molar-refractivity contribution in [2.24, 2.45) is 5.92 Å². The lowest BCUT2D eigenvalue weighted by molar-refractivity contribution is -0.123. The minimum absolute atomic E-state index is 0.0729. The molecule has 0 unspecified atom stereocenters. The Morgan fingerprint density at radius 1 is 1.17 bits per heavy atom. The summed E-state index contributed by atoms with van der Waals surface area (Å²) in [5.74, 6) is 0.978. The van der Waals surface area contributed by atoms with Crippen LogP contribution in [0, 0.1) is 5.92 Å². The number of nitrogens with one attached hydrogen (secondary N) is 3. The Labute approximate surface area is 150 Å². The molecule has 5 nitrogen and oxygen atoms in total. The number of ether oxygens (including phenoxy) is 1. The van der Waals surface area contributed by atoms with E-state index in [1.54, 1.807) is 0 Å². The molecule has 3 N–H and O–H groups in total. The van der Waals surface area contributed by atoms with Gasteiger partial charge in [0.2, 0.25) is 0 Å². The zero-order valence-corrected chi connectivity index (χ0v) is 16.0. The Bertz CT molecular complexity index is 536. The van der Waals surface area contributed by atoms with Crippen LogP contribution in [0.1, 0.15) is 46.6 Å². The summed E-state index contributed by atoms with van der Waals surface area (Å²) in [7, 11) is 0. The van der Waals surface area contributed by atoms with E-state index < -0.39 is 0 Å². The molecule has 0 bridgehead atoms. The second kappa shape index (κ2) is 9.47. The fraction of sp³-hybridized carbons (Fsp3) is 0.556. The van der Waals surface area contributed by atoms with E-state index in [0.29, 0.717) is 16.8 Å². The molecule has 0 fully saturated rings. The summed E-state index contributed by atoms with van der Waals surface area (Å²) in [6.45, 7) is 11.4. The van der Waals surface area contributed by atoms with Gasteiger partial charge in [-0.1, -0.05) is 46.8 Å². The normalized spacial score (nSPS) is 11.1. The van der Waals surface area contributed by atoms with Gasteiger partial charge in [0.25, 0.3) is 5.91 Å². The molecular formula is C18H29N3O2S. The molecule has 0 aliphatic carbocycles. The summed E-state index contributed by atoms with van der Waals surface area (Å²) in [5, 5.41) is 3.43. The Morgan fingerprint density at radius 2 is 1.79 bits per heavy atom. The molecule has 134 valence electrons. The van der Waals surface area contributed by atoms with Crippen molar-refractivity contribution in [3.63, 3.8) is 0 Å². The maximum absolute atomic E-state index is 11.7. The largest absolute Gasteiger partial charge is 0.484 e. The molecule has 0 atom stereocenters. The third-order valence-electron chi connectivity index (χ3n) is 3.41. The molecule has 0 aromatic heterocycles. The second-order valence-electron chi connectivity index (χ2n) is 7.17. The second-order valence-corrected chi connectivity index (χ2v) is 7.58. The van der Waals surface area contributed by atoms with Crippen LogP contribution in [-0.4, -0.2) is 24.2 Å². The maximum atomic E-state index is 11.7. The molecule has 0 heterocycles. The zero-order chi connectivity index (χ0) is 18.2. The first-order chi connectivity index (χ1) is 11.2. The van der Waals surface area contributed by atoms with E-state index in [2.05, 4.69) is 50.8 Å². The van der Waals surface area contributed by atoms with Crippen molar-refractivity contribution in [3.05, 3.63) is 29.8 Å². The fourth-order valence-electron chi connectivity index (χ4n) is 1.88. The molecule has 0 radical (unpaired) electrons. The smallest absolute Gasteiger partial charge is 0.276 e. The molecule has 1 amide bonds. The Kier molecular flexibility index (Phi) is 7.98. The number of carbonyl (C=O) groups is 1. The number of carbonyl (C=O) groups excluding carboxylic acids is 1. The lowest BCUT2D eigenvalue weighted by Crippen LogP contribution is -2.48. The third kappa shape index (κ3) is 8.15. The van der Waals surface area contributed by atoms with Gasteiger partial charge in [0.1, 0.15) is 5.75 Å². The third-order valence-corrected chi connectivity index (χ3v) is 3.66. The Balaban J connectivity index is 2.27.